The highest BCUT2D eigenvalue weighted by molar-refractivity contribution is 6.32. The fourth-order valence-electron chi connectivity index (χ4n) is 1.87. The van der Waals surface area contributed by atoms with Crippen LogP contribution in [0.5, 0.6) is 0 Å². The van der Waals surface area contributed by atoms with Crippen molar-refractivity contribution in [3.63, 3.8) is 0 Å². The molecule has 0 aliphatic carbocycles. The highest BCUT2D eigenvalue weighted by Gasteiger charge is 2.16. The van der Waals surface area contributed by atoms with E-state index in [-0.39, 0.29) is 5.91 Å². The molecule has 0 radical (unpaired) electrons. The number of halogens is 1. The van der Waals surface area contributed by atoms with E-state index in [2.05, 4.69) is 0 Å². The van der Waals surface area contributed by atoms with Crippen LogP contribution in [0.3, 0.4) is 0 Å². The molecule has 98 valence electrons. The Bertz CT molecular complexity index is 625. The predicted octanol–water partition coefficient (Wildman–Crippen LogP) is 3.51. The summed E-state index contributed by atoms with van der Waals surface area (Å²) in [6.07, 6.45) is 0. The molecule has 3 nitrogen and oxygen atoms in total. The second-order valence-electron chi connectivity index (χ2n) is 4.37. The first-order valence-electron chi connectivity index (χ1n) is 5.89. The van der Waals surface area contributed by atoms with Gasteiger partial charge in [-0.05, 0) is 42.8 Å². The van der Waals surface area contributed by atoms with Gasteiger partial charge in [0.05, 0.1) is 0 Å². The molecule has 0 aliphatic rings. The van der Waals surface area contributed by atoms with E-state index < -0.39 is 0 Å². The SMILES string of the molecule is Cc1c(Cl)cccc1C(=O)N(C)c1cccc(N)c1. The molecule has 2 rings (SSSR count). The second-order valence-corrected chi connectivity index (χ2v) is 4.78. The molecule has 0 spiro atoms. The van der Waals surface area contributed by atoms with Crippen molar-refractivity contribution in [3.05, 3.63) is 58.6 Å². The van der Waals surface area contributed by atoms with Crippen LogP contribution in [0, 0.1) is 6.92 Å². The molecule has 19 heavy (non-hydrogen) atoms. The Balaban J connectivity index is 2.36. The van der Waals surface area contributed by atoms with Crippen LogP contribution in [-0.2, 0) is 0 Å². The molecule has 0 saturated carbocycles. The summed E-state index contributed by atoms with van der Waals surface area (Å²) in [5, 5.41) is 0.590. The van der Waals surface area contributed by atoms with Crippen LogP contribution in [0.1, 0.15) is 15.9 Å². The Hall–Kier alpha value is -2.00. The van der Waals surface area contributed by atoms with Crippen LogP contribution in [0.4, 0.5) is 11.4 Å². The van der Waals surface area contributed by atoms with E-state index in [0.29, 0.717) is 16.3 Å². The summed E-state index contributed by atoms with van der Waals surface area (Å²) >= 11 is 6.04. The number of hydrogen-bond donors (Lipinski definition) is 1. The van der Waals surface area contributed by atoms with Gasteiger partial charge in [0.15, 0.2) is 0 Å². The van der Waals surface area contributed by atoms with Crippen LogP contribution in [-0.4, -0.2) is 13.0 Å². The number of amides is 1. The summed E-state index contributed by atoms with van der Waals surface area (Å²) in [6.45, 7) is 1.84. The van der Waals surface area contributed by atoms with Crippen LogP contribution in [0.2, 0.25) is 5.02 Å². The van der Waals surface area contributed by atoms with Crippen molar-refractivity contribution in [2.24, 2.45) is 0 Å². The molecule has 0 bridgehead atoms. The molecule has 0 saturated heterocycles. The van der Waals surface area contributed by atoms with Crippen molar-refractivity contribution >= 4 is 28.9 Å². The predicted molar refractivity (Wildman–Crippen MR) is 79.8 cm³/mol. The Labute approximate surface area is 117 Å². The molecule has 0 aromatic heterocycles. The first kappa shape index (κ1) is 13.4. The molecule has 4 heteroatoms. The first-order chi connectivity index (χ1) is 9.00. The fourth-order valence-corrected chi connectivity index (χ4v) is 2.05. The summed E-state index contributed by atoms with van der Waals surface area (Å²) in [7, 11) is 1.72. The summed E-state index contributed by atoms with van der Waals surface area (Å²) in [5.41, 5.74) is 8.49. The topological polar surface area (TPSA) is 46.3 Å². The Morgan fingerprint density at radius 1 is 1.21 bits per heavy atom. The molecular formula is C15H15ClN2O. The van der Waals surface area contributed by atoms with Gasteiger partial charge in [0.25, 0.3) is 5.91 Å². The quantitative estimate of drug-likeness (QED) is 0.852. The van der Waals surface area contributed by atoms with E-state index in [0.717, 1.165) is 11.3 Å². The zero-order chi connectivity index (χ0) is 14.0. The minimum absolute atomic E-state index is 0.106. The number of benzene rings is 2. The number of nitrogens with two attached hydrogens (primary N) is 1. The summed E-state index contributed by atoms with van der Waals surface area (Å²) in [5.74, 6) is -0.106. The Kier molecular flexibility index (Phi) is 3.76. The minimum Gasteiger partial charge on any atom is -0.399 e. The number of hydrogen-bond acceptors (Lipinski definition) is 2. The van der Waals surface area contributed by atoms with Gasteiger partial charge in [-0.25, -0.2) is 0 Å². The fraction of sp³-hybridized carbons (Fsp3) is 0.133. The number of anilines is 2. The largest absolute Gasteiger partial charge is 0.399 e. The van der Waals surface area contributed by atoms with E-state index >= 15 is 0 Å². The molecule has 0 heterocycles. The van der Waals surface area contributed by atoms with Gasteiger partial charge in [-0.15, -0.1) is 0 Å². The smallest absolute Gasteiger partial charge is 0.258 e. The number of nitrogen functional groups attached to an aromatic ring is 1. The highest BCUT2D eigenvalue weighted by atomic mass is 35.5. The molecular weight excluding hydrogens is 260 g/mol. The van der Waals surface area contributed by atoms with E-state index in [1.165, 1.54) is 0 Å². The normalized spacial score (nSPS) is 10.3. The third-order valence-corrected chi connectivity index (χ3v) is 3.47. The van der Waals surface area contributed by atoms with Crippen molar-refractivity contribution < 1.29 is 4.79 Å². The lowest BCUT2D eigenvalue weighted by Crippen LogP contribution is -2.27. The summed E-state index contributed by atoms with van der Waals surface area (Å²) in [6, 6.07) is 12.5. The average Bonchev–Trinajstić information content (AvgIpc) is 2.40. The molecule has 1 amide bonds. The second kappa shape index (κ2) is 5.33. The molecule has 0 atom stereocenters. The van der Waals surface area contributed by atoms with Crippen molar-refractivity contribution in [2.45, 2.75) is 6.92 Å². The van der Waals surface area contributed by atoms with Crippen LogP contribution < -0.4 is 10.6 Å². The molecule has 0 aliphatic heterocycles. The van der Waals surface area contributed by atoms with E-state index in [1.807, 2.05) is 19.1 Å². The van der Waals surface area contributed by atoms with Gasteiger partial charge in [0, 0.05) is 29.0 Å². The van der Waals surface area contributed by atoms with Crippen molar-refractivity contribution in [2.75, 3.05) is 17.7 Å². The third-order valence-electron chi connectivity index (χ3n) is 3.06. The number of rotatable bonds is 2. The number of carbonyl (C=O) groups excluding carboxylic acids is 1. The van der Waals surface area contributed by atoms with Crippen molar-refractivity contribution in [3.8, 4) is 0 Å². The molecule has 0 fully saturated rings. The highest BCUT2D eigenvalue weighted by Crippen LogP contribution is 2.23. The van der Waals surface area contributed by atoms with E-state index in [1.54, 1.807) is 42.3 Å². The maximum Gasteiger partial charge on any atom is 0.258 e. The van der Waals surface area contributed by atoms with Gasteiger partial charge in [0.2, 0.25) is 0 Å². The van der Waals surface area contributed by atoms with E-state index in [4.69, 9.17) is 17.3 Å². The van der Waals surface area contributed by atoms with Crippen LogP contribution in [0.15, 0.2) is 42.5 Å². The van der Waals surface area contributed by atoms with Gasteiger partial charge in [-0.2, -0.15) is 0 Å². The van der Waals surface area contributed by atoms with Gasteiger partial charge in [0.1, 0.15) is 0 Å². The van der Waals surface area contributed by atoms with Gasteiger partial charge in [-0.1, -0.05) is 23.7 Å². The molecule has 0 unspecified atom stereocenters. The van der Waals surface area contributed by atoms with Crippen molar-refractivity contribution in [1.29, 1.82) is 0 Å². The maximum atomic E-state index is 12.5. The summed E-state index contributed by atoms with van der Waals surface area (Å²) < 4.78 is 0. The van der Waals surface area contributed by atoms with Gasteiger partial charge in [-0.3, -0.25) is 4.79 Å². The standard InChI is InChI=1S/C15H15ClN2O/c1-10-13(7-4-8-14(10)16)15(19)18(2)12-6-3-5-11(17)9-12/h3-9H,17H2,1-2H3. The number of nitrogens with zero attached hydrogens (tertiary/aromatic N) is 1. The number of carbonyl (C=O) groups is 1. The molecule has 2 N–H and O–H groups in total. The third kappa shape index (κ3) is 2.71. The lowest BCUT2D eigenvalue weighted by molar-refractivity contribution is 0.0992. The average molecular weight is 275 g/mol. The molecule has 2 aromatic carbocycles. The first-order valence-corrected chi connectivity index (χ1v) is 6.27. The zero-order valence-corrected chi connectivity index (χ0v) is 11.6. The van der Waals surface area contributed by atoms with Crippen LogP contribution in [0.25, 0.3) is 0 Å². The van der Waals surface area contributed by atoms with Gasteiger partial charge >= 0.3 is 0 Å². The van der Waals surface area contributed by atoms with Crippen LogP contribution >= 0.6 is 11.6 Å². The Morgan fingerprint density at radius 3 is 2.58 bits per heavy atom. The molecule has 2 aromatic rings. The van der Waals surface area contributed by atoms with Gasteiger partial charge < -0.3 is 10.6 Å². The monoisotopic (exact) mass is 274 g/mol. The van der Waals surface area contributed by atoms with E-state index in [9.17, 15) is 4.79 Å². The summed E-state index contributed by atoms with van der Waals surface area (Å²) in [4.78, 5) is 14.0. The maximum absolute atomic E-state index is 12.5. The lowest BCUT2D eigenvalue weighted by Gasteiger charge is -2.19. The Morgan fingerprint density at radius 2 is 1.89 bits per heavy atom. The lowest BCUT2D eigenvalue weighted by atomic mass is 10.1. The zero-order valence-electron chi connectivity index (χ0n) is 10.9. The van der Waals surface area contributed by atoms with Crippen molar-refractivity contribution in [1.82, 2.24) is 0 Å². The minimum atomic E-state index is -0.106.